The van der Waals surface area contributed by atoms with Gasteiger partial charge in [-0.25, -0.2) is 0 Å². The summed E-state index contributed by atoms with van der Waals surface area (Å²) < 4.78 is 0. The van der Waals surface area contributed by atoms with E-state index in [1.54, 1.807) is 0 Å². The number of carboxylic acid groups (broad SMARTS) is 1. The van der Waals surface area contributed by atoms with E-state index >= 15 is 0 Å². The number of likely N-dealkylation sites (tertiary alicyclic amines) is 1. The first-order valence-electron chi connectivity index (χ1n) is 8.10. The second-order valence-electron chi connectivity index (χ2n) is 6.57. The number of hydrogen-bond acceptors (Lipinski definition) is 2. The topological polar surface area (TPSA) is 57.6 Å². The largest absolute Gasteiger partial charge is 0.481 e. The molecule has 1 saturated heterocycles. The number of nitrogens with zero attached hydrogens (tertiary/aromatic N) is 1. The lowest BCUT2D eigenvalue weighted by atomic mass is 9.78. The molecule has 2 fully saturated rings. The molecule has 4 nitrogen and oxygen atoms in total. The van der Waals surface area contributed by atoms with Gasteiger partial charge in [0.1, 0.15) is 0 Å². The summed E-state index contributed by atoms with van der Waals surface area (Å²) in [6.45, 7) is 3.54. The number of aliphatic carboxylic acids is 1. The summed E-state index contributed by atoms with van der Waals surface area (Å²) in [7, 11) is 0. The lowest BCUT2D eigenvalue weighted by Gasteiger charge is -2.41. The Morgan fingerprint density at radius 3 is 2.30 bits per heavy atom. The summed E-state index contributed by atoms with van der Waals surface area (Å²) in [4.78, 5) is 24.8. The Labute approximate surface area is 121 Å². The van der Waals surface area contributed by atoms with Gasteiger partial charge >= 0.3 is 5.97 Å². The number of carbonyl (C=O) groups excluding carboxylic acids is 1. The van der Waals surface area contributed by atoms with Crippen molar-refractivity contribution in [2.45, 2.75) is 58.3 Å². The lowest BCUT2D eigenvalue weighted by molar-refractivity contribution is -0.148. The summed E-state index contributed by atoms with van der Waals surface area (Å²) in [6.07, 6.45) is 8.56. The molecule has 0 aromatic carbocycles. The van der Waals surface area contributed by atoms with Crippen molar-refractivity contribution in [2.24, 2.45) is 17.8 Å². The van der Waals surface area contributed by atoms with Gasteiger partial charge in [-0.2, -0.15) is 0 Å². The third-order valence-corrected chi connectivity index (χ3v) is 4.89. The molecule has 20 heavy (non-hydrogen) atoms. The maximum absolute atomic E-state index is 12.3. The van der Waals surface area contributed by atoms with Crippen LogP contribution >= 0.6 is 0 Å². The van der Waals surface area contributed by atoms with E-state index in [4.69, 9.17) is 5.11 Å². The van der Waals surface area contributed by atoms with Crippen LogP contribution < -0.4 is 0 Å². The summed E-state index contributed by atoms with van der Waals surface area (Å²) in [6, 6.07) is 0. The van der Waals surface area contributed by atoms with Crippen molar-refractivity contribution in [1.82, 2.24) is 4.90 Å². The first-order valence-corrected chi connectivity index (χ1v) is 8.10. The average Bonchev–Trinajstić information content (AvgIpc) is 2.39. The van der Waals surface area contributed by atoms with Gasteiger partial charge in [-0.05, 0) is 31.6 Å². The predicted octanol–water partition coefficient (Wildman–Crippen LogP) is 2.92. The number of rotatable bonds is 6. The lowest BCUT2D eigenvalue weighted by Crippen LogP contribution is -2.52. The minimum Gasteiger partial charge on any atom is -0.481 e. The van der Waals surface area contributed by atoms with Crippen LogP contribution in [0.4, 0.5) is 0 Å². The van der Waals surface area contributed by atoms with Crippen molar-refractivity contribution in [1.29, 1.82) is 0 Å². The smallest absolute Gasteiger partial charge is 0.303 e. The van der Waals surface area contributed by atoms with Crippen molar-refractivity contribution in [3.63, 3.8) is 0 Å². The van der Waals surface area contributed by atoms with Gasteiger partial charge in [0.25, 0.3) is 0 Å². The Morgan fingerprint density at radius 1 is 1.10 bits per heavy atom. The zero-order chi connectivity index (χ0) is 14.5. The second-order valence-corrected chi connectivity index (χ2v) is 6.57. The van der Waals surface area contributed by atoms with E-state index < -0.39 is 5.97 Å². The van der Waals surface area contributed by atoms with E-state index in [-0.39, 0.29) is 24.2 Å². The van der Waals surface area contributed by atoms with Crippen LogP contribution in [0.1, 0.15) is 58.3 Å². The van der Waals surface area contributed by atoms with Crippen molar-refractivity contribution < 1.29 is 14.7 Å². The normalized spacial score (nSPS) is 27.1. The van der Waals surface area contributed by atoms with E-state index in [0.717, 1.165) is 18.8 Å². The Kier molecular flexibility index (Phi) is 5.44. The Bertz CT molecular complexity index is 342. The number of carbonyl (C=O) groups is 2. The SMILES string of the molecule is CCCCC1CCC(C(=O)N2CC(CC(=O)O)C2)CC1. The van der Waals surface area contributed by atoms with Crippen molar-refractivity contribution >= 4 is 11.9 Å². The van der Waals surface area contributed by atoms with E-state index in [1.807, 2.05) is 4.90 Å². The van der Waals surface area contributed by atoms with E-state index in [2.05, 4.69) is 6.92 Å². The zero-order valence-electron chi connectivity index (χ0n) is 12.5. The van der Waals surface area contributed by atoms with Gasteiger partial charge in [0.2, 0.25) is 5.91 Å². The average molecular weight is 281 g/mol. The molecule has 1 aliphatic carbocycles. The number of carboxylic acids is 1. The zero-order valence-corrected chi connectivity index (χ0v) is 12.5. The van der Waals surface area contributed by atoms with Crippen LogP contribution in [0.2, 0.25) is 0 Å². The molecule has 0 bridgehead atoms. The fourth-order valence-corrected chi connectivity index (χ4v) is 3.57. The van der Waals surface area contributed by atoms with Crippen LogP contribution in [-0.2, 0) is 9.59 Å². The Hall–Kier alpha value is -1.06. The molecule has 2 rings (SSSR count). The van der Waals surface area contributed by atoms with E-state index in [1.165, 1.54) is 32.1 Å². The molecule has 1 saturated carbocycles. The van der Waals surface area contributed by atoms with Gasteiger partial charge in [-0.3, -0.25) is 9.59 Å². The molecular formula is C16H27NO3. The molecule has 0 aromatic heterocycles. The molecule has 0 atom stereocenters. The number of hydrogen-bond donors (Lipinski definition) is 1. The van der Waals surface area contributed by atoms with Gasteiger partial charge in [0.05, 0.1) is 6.42 Å². The van der Waals surface area contributed by atoms with Crippen LogP contribution in [0.5, 0.6) is 0 Å². The highest BCUT2D eigenvalue weighted by Crippen LogP contribution is 2.34. The maximum atomic E-state index is 12.3. The van der Waals surface area contributed by atoms with E-state index in [9.17, 15) is 9.59 Å². The molecule has 1 heterocycles. The van der Waals surface area contributed by atoms with Crippen molar-refractivity contribution in [3.05, 3.63) is 0 Å². The summed E-state index contributed by atoms with van der Waals surface area (Å²) >= 11 is 0. The van der Waals surface area contributed by atoms with Crippen molar-refractivity contribution in [2.75, 3.05) is 13.1 Å². The van der Waals surface area contributed by atoms with Gasteiger partial charge in [0.15, 0.2) is 0 Å². The van der Waals surface area contributed by atoms with Gasteiger partial charge in [-0.15, -0.1) is 0 Å². The minimum atomic E-state index is -0.751. The maximum Gasteiger partial charge on any atom is 0.303 e. The molecule has 2 aliphatic rings. The minimum absolute atomic E-state index is 0.178. The van der Waals surface area contributed by atoms with Crippen LogP contribution in [-0.4, -0.2) is 35.0 Å². The summed E-state index contributed by atoms with van der Waals surface area (Å²) in [5.41, 5.74) is 0. The Morgan fingerprint density at radius 2 is 1.75 bits per heavy atom. The van der Waals surface area contributed by atoms with Gasteiger partial charge < -0.3 is 10.0 Å². The fraction of sp³-hybridized carbons (Fsp3) is 0.875. The van der Waals surface area contributed by atoms with Crippen LogP contribution in [0.15, 0.2) is 0 Å². The third kappa shape index (κ3) is 3.97. The molecule has 4 heteroatoms. The highest BCUT2D eigenvalue weighted by Gasteiger charge is 2.36. The summed E-state index contributed by atoms with van der Waals surface area (Å²) in [5.74, 6) is 0.741. The molecule has 0 unspecified atom stereocenters. The quantitative estimate of drug-likeness (QED) is 0.814. The molecule has 1 N–H and O–H groups in total. The molecule has 0 aromatic rings. The molecular weight excluding hydrogens is 254 g/mol. The van der Waals surface area contributed by atoms with Crippen LogP contribution in [0, 0.1) is 17.8 Å². The van der Waals surface area contributed by atoms with Crippen LogP contribution in [0.25, 0.3) is 0 Å². The first kappa shape index (κ1) is 15.3. The second kappa shape index (κ2) is 7.09. The monoisotopic (exact) mass is 281 g/mol. The number of unbranched alkanes of at least 4 members (excludes halogenated alkanes) is 1. The highest BCUT2D eigenvalue weighted by atomic mass is 16.4. The van der Waals surface area contributed by atoms with Crippen molar-refractivity contribution in [3.8, 4) is 0 Å². The number of amides is 1. The fourth-order valence-electron chi connectivity index (χ4n) is 3.57. The molecule has 114 valence electrons. The molecule has 0 radical (unpaired) electrons. The first-order chi connectivity index (χ1) is 9.60. The molecule has 1 amide bonds. The predicted molar refractivity (Wildman–Crippen MR) is 77.3 cm³/mol. The standard InChI is InChI=1S/C16H27NO3/c1-2-3-4-12-5-7-14(8-6-12)16(20)17-10-13(11-17)9-15(18)19/h12-14H,2-11H2,1H3,(H,18,19). The third-order valence-electron chi connectivity index (χ3n) is 4.89. The van der Waals surface area contributed by atoms with E-state index in [0.29, 0.717) is 13.1 Å². The van der Waals surface area contributed by atoms with Gasteiger partial charge in [-0.1, -0.05) is 26.2 Å². The molecule has 0 spiro atoms. The summed E-state index contributed by atoms with van der Waals surface area (Å²) in [5, 5.41) is 8.72. The Balaban J connectivity index is 1.67. The van der Waals surface area contributed by atoms with Crippen LogP contribution in [0.3, 0.4) is 0 Å². The highest BCUT2D eigenvalue weighted by molar-refractivity contribution is 5.80. The van der Waals surface area contributed by atoms with Gasteiger partial charge in [0, 0.05) is 24.9 Å². The molecule has 1 aliphatic heterocycles.